The fourth-order valence-corrected chi connectivity index (χ4v) is 4.53. The van der Waals surface area contributed by atoms with E-state index in [2.05, 4.69) is 32.7 Å². The van der Waals surface area contributed by atoms with Crippen LogP contribution in [-0.2, 0) is 0 Å². The van der Waals surface area contributed by atoms with Crippen molar-refractivity contribution in [1.29, 1.82) is 0 Å². The van der Waals surface area contributed by atoms with Crippen LogP contribution in [0.2, 0.25) is 0 Å². The Kier molecular flexibility index (Phi) is 5.20. The molecule has 0 aliphatic heterocycles. The number of thioether (sulfide) groups is 1. The van der Waals surface area contributed by atoms with Crippen molar-refractivity contribution in [3.05, 3.63) is 51.9 Å². The first kappa shape index (κ1) is 18.0. The molecule has 0 radical (unpaired) electrons. The van der Waals surface area contributed by atoms with Gasteiger partial charge in [-0.3, -0.25) is 4.79 Å². The highest BCUT2D eigenvalue weighted by molar-refractivity contribution is 8.00. The summed E-state index contributed by atoms with van der Waals surface area (Å²) in [7, 11) is 0. The second kappa shape index (κ2) is 7.22. The van der Waals surface area contributed by atoms with Crippen LogP contribution in [0.15, 0.2) is 29.3 Å². The van der Waals surface area contributed by atoms with Crippen LogP contribution in [0.1, 0.15) is 46.4 Å². The molecule has 0 atom stereocenters. The summed E-state index contributed by atoms with van der Waals surface area (Å²) in [6.07, 6.45) is 0. The monoisotopic (exact) mass is 374 g/mol. The zero-order valence-corrected chi connectivity index (χ0v) is 16.2. The molecule has 0 spiro atoms. The maximum atomic E-state index is 13.0. The van der Waals surface area contributed by atoms with Crippen LogP contribution >= 0.6 is 23.1 Å². The van der Waals surface area contributed by atoms with E-state index in [1.807, 2.05) is 0 Å². The molecule has 6 heteroatoms. The maximum absolute atomic E-state index is 13.0. The van der Waals surface area contributed by atoms with Crippen molar-refractivity contribution in [1.82, 2.24) is 9.97 Å². The number of hydrogen-bond donors (Lipinski definition) is 0. The van der Waals surface area contributed by atoms with Crippen LogP contribution in [0.5, 0.6) is 0 Å². The summed E-state index contributed by atoms with van der Waals surface area (Å²) in [5.41, 5.74) is 1.69. The highest BCUT2D eigenvalue weighted by atomic mass is 32.2. The number of carbonyl (C=O) groups is 1. The standard InChI is InChI=1S/C19H19FN2OS2/c1-10(2)17-21-18(16-11(3)12(4)25-19(16)22-17)24-9-15(23)13-5-7-14(20)8-6-13/h5-8,10H,9H2,1-4H3. The minimum atomic E-state index is -0.340. The number of fused-ring (bicyclic) bond motifs is 1. The number of aromatic nitrogens is 2. The molecule has 0 aliphatic rings. The topological polar surface area (TPSA) is 42.9 Å². The van der Waals surface area contributed by atoms with Crippen molar-refractivity contribution in [3.63, 3.8) is 0 Å². The molecule has 1 aromatic carbocycles. The van der Waals surface area contributed by atoms with E-state index >= 15 is 0 Å². The van der Waals surface area contributed by atoms with Crippen LogP contribution in [0.3, 0.4) is 0 Å². The number of carbonyl (C=O) groups excluding carboxylic acids is 1. The molecule has 0 unspecified atom stereocenters. The molecular formula is C19H19FN2OS2. The molecule has 2 aromatic heterocycles. The number of aryl methyl sites for hydroxylation is 2. The summed E-state index contributed by atoms with van der Waals surface area (Å²) < 4.78 is 13.0. The third kappa shape index (κ3) is 3.75. The van der Waals surface area contributed by atoms with Crippen molar-refractivity contribution < 1.29 is 9.18 Å². The lowest BCUT2D eigenvalue weighted by Gasteiger charge is -2.08. The lowest BCUT2D eigenvalue weighted by Crippen LogP contribution is -2.04. The zero-order chi connectivity index (χ0) is 18.1. The Bertz CT molecular complexity index is 933. The predicted octanol–water partition coefficient (Wildman–Crippen LogP) is 5.55. The first-order chi connectivity index (χ1) is 11.9. The molecule has 130 valence electrons. The fraction of sp³-hybridized carbons (Fsp3) is 0.316. The van der Waals surface area contributed by atoms with Crippen molar-refractivity contribution in [2.45, 2.75) is 38.6 Å². The van der Waals surface area contributed by atoms with E-state index in [-0.39, 0.29) is 23.3 Å². The van der Waals surface area contributed by atoms with Crippen LogP contribution < -0.4 is 0 Å². The molecule has 0 bridgehead atoms. The Labute approximate surface area is 154 Å². The molecule has 0 amide bonds. The number of nitrogens with zero attached hydrogens (tertiary/aromatic N) is 2. The average Bonchev–Trinajstić information content (AvgIpc) is 2.87. The van der Waals surface area contributed by atoms with E-state index in [1.54, 1.807) is 11.3 Å². The second-order valence-electron chi connectivity index (χ2n) is 6.22. The number of hydrogen-bond acceptors (Lipinski definition) is 5. The van der Waals surface area contributed by atoms with Gasteiger partial charge in [-0.15, -0.1) is 11.3 Å². The largest absolute Gasteiger partial charge is 0.293 e. The minimum absolute atomic E-state index is 0.0348. The Morgan fingerprint density at radius 3 is 2.52 bits per heavy atom. The van der Waals surface area contributed by atoms with Crippen molar-refractivity contribution in [3.8, 4) is 0 Å². The summed E-state index contributed by atoms with van der Waals surface area (Å²) in [6.45, 7) is 8.27. The summed E-state index contributed by atoms with van der Waals surface area (Å²) >= 11 is 3.09. The van der Waals surface area contributed by atoms with Gasteiger partial charge in [0.2, 0.25) is 0 Å². The van der Waals surface area contributed by atoms with Crippen LogP contribution in [-0.4, -0.2) is 21.5 Å². The molecule has 0 fully saturated rings. The molecule has 0 N–H and O–H groups in total. The third-order valence-electron chi connectivity index (χ3n) is 4.04. The predicted molar refractivity (Wildman–Crippen MR) is 102 cm³/mol. The lowest BCUT2D eigenvalue weighted by atomic mass is 10.1. The van der Waals surface area contributed by atoms with Crippen molar-refractivity contribution in [2.24, 2.45) is 0 Å². The van der Waals surface area contributed by atoms with E-state index in [0.29, 0.717) is 5.56 Å². The molecule has 3 aromatic rings. The molecular weight excluding hydrogens is 355 g/mol. The zero-order valence-electron chi connectivity index (χ0n) is 14.6. The molecule has 0 saturated heterocycles. The smallest absolute Gasteiger partial charge is 0.173 e. The number of rotatable bonds is 5. The van der Waals surface area contributed by atoms with E-state index in [9.17, 15) is 9.18 Å². The van der Waals surface area contributed by atoms with Gasteiger partial charge in [-0.05, 0) is 43.7 Å². The minimum Gasteiger partial charge on any atom is -0.293 e. The molecule has 0 saturated carbocycles. The first-order valence-corrected chi connectivity index (χ1v) is 9.86. The van der Waals surface area contributed by atoms with Crippen LogP contribution in [0.25, 0.3) is 10.2 Å². The molecule has 0 aliphatic carbocycles. The average molecular weight is 375 g/mol. The first-order valence-electron chi connectivity index (χ1n) is 8.06. The van der Waals surface area contributed by atoms with Gasteiger partial charge in [0.15, 0.2) is 5.78 Å². The quantitative estimate of drug-likeness (QED) is 0.334. The van der Waals surface area contributed by atoms with Gasteiger partial charge < -0.3 is 0 Å². The number of Topliss-reactive ketones (excluding diaryl/α,β-unsaturated/α-hetero) is 1. The molecule has 25 heavy (non-hydrogen) atoms. The number of ketones is 1. The molecule has 3 nitrogen and oxygen atoms in total. The van der Waals surface area contributed by atoms with Gasteiger partial charge in [-0.2, -0.15) is 0 Å². The highest BCUT2D eigenvalue weighted by Gasteiger charge is 2.17. The van der Waals surface area contributed by atoms with Gasteiger partial charge >= 0.3 is 0 Å². The van der Waals surface area contributed by atoms with Gasteiger partial charge in [0.1, 0.15) is 21.5 Å². The Morgan fingerprint density at radius 2 is 1.88 bits per heavy atom. The fourth-order valence-electron chi connectivity index (χ4n) is 2.44. The van der Waals surface area contributed by atoms with E-state index < -0.39 is 0 Å². The normalized spacial score (nSPS) is 11.4. The highest BCUT2D eigenvalue weighted by Crippen LogP contribution is 2.36. The van der Waals surface area contributed by atoms with Crippen molar-refractivity contribution >= 4 is 39.1 Å². The Balaban J connectivity index is 1.92. The van der Waals surface area contributed by atoms with Crippen LogP contribution in [0.4, 0.5) is 4.39 Å². The van der Waals surface area contributed by atoms with Gasteiger partial charge in [0.25, 0.3) is 0 Å². The molecule has 3 rings (SSSR count). The van der Waals surface area contributed by atoms with Gasteiger partial charge in [0, 0.05) is 21.7 Å². The lowest BCUT2D eigenvalue weighted by molar-refractivity contribution is 0.102. The third-order valence-corrected chi connectivity index (χ3v) is 6.11. The number of halogens is 1. The summed E-state index contributed by atoms with van der Waals surface area (Å²) in [6, 6.07) is 5.66. The van der Waals surface area contributed by atoms with Crippen molar-refractivity contribution in [2.75, 3.05) is 5.75 Å². The van der Waals surface area contributed by atoms with E-state index in [0.717, 1.165) is 21.1 Å². The maximum Gasteiger partial charge on any atom is 0.173 e. The summed E-state index contributed by atoms with van der Waals surface area (Å²) in [5.74, 6) is 0.911. The van der Waals surface area contributed by atoms with E-state index in [1.165, 1.54) is 46.5 Å². The Morgan fingerprint density at radius 1 is 1.20 bits per heavy atom. The van der Waals surface area contributed by atoms with E-state index in [4.69, 9.17) is 4.98 Å². The van der Waals surface area contributed by atoms with Gasteiger partial charge in [-0.1, -0.05) is 25.6 Å². The number of benzene rings is 1. The van der Waals surface area contributed by atoms with Gasteiger partial charge in [0.05, 0.1) is 5.75 Å². The summed E-state index contributed by atoms with van der Waals surface area (Å²) in [4.78, 5) is 24.0. The second-order valence-corrected chi connectivity index (χ2v) is 8.39. The van der Waals surface area contributed by atoms with Crippen LogP contribution in [0, 0.1) is 19.7 Å². The Hall–Kier alpha value is -1.79. The summed E-state index contributed by atoms with van der Waals surface area (Å²) in [5, 5.41) is 1.90. The molecule has 2 heterocycles. The van der Waals surface area contributed by atoms with Gasteiger partial charge in [-0.25, -0.2) is 14.4 Å². The number of thiophene rings is 1. The SMILES string of the molecule is Cc1sc2nc(C(C)C)nc(SCC(=O)c3ccc(F)cc3)c2c1C.